The summed E-state index contributed by atoms with van der Waals surface area (Å²) in [7, 11) is 0. The maximum Gasteiger partial charge on any atom is 0.515 e. The van der Waals surface area contributed by atoms with Gasteiger partial charge in [-0.1, -0.05) is 30.3 Å². The molecule has 0 saturated heterocycles. The van der Waals surface area contributed by atoms with E-state index in [1.807, 2.05) is 41.8 Å². The minimum atomic E-state index is -0.697. The van der Waals surface area contributed by atoms with Gasteiger partial charge in [0.15, 0.2) is 0 Å². The lowest BCUT2D eigenvalue weighted by molar-refractivity contribution is 0.0938. The normalized spacial score (nSPS) is 9.94. The Balaban J connectivity index is 1.85. The molecule has 0 N–H and O–H groups in total. The third-order valence-electron chi connectivity index (χ3n) is 1.96. The molecule has 0 amide bonds. The summed E-state index contributed by atoms with van der Waals surface area (Å²) in [5.41, 5.74) is 0.926. The molecule has 0 atom stereocenters. The second-order valence-electron chi connectivity index (χ2n) is 3.18. The molecule has 0 spiro atoms. The largest absolute Gasteiger partial charge is 0.515 e. The number of benzene rings is 1. The van der Waals surface area contributed by atoms with Crippen LogP contribution in [0.15, 0.2) is 46.3 Å². The molecule has 0 bridgehead atoms. The van der Waals surface area contributed by atoms with Gasteiger partial charge >= 0.3 is 6.16 Å². The van der Waals surface area contributed by atoms with Crippen LogP contribution in [-0.4, -0.2) is 6.16 Å². The SMILES string of the molecule is O=C(OCc1ccccc1)Oc1sccc1Br. The maximum absolute atomic E-state index is 11.4. The maximum atomic E-state index is 11.4. The molecule has 1 aromatic heterocycles. The van der Waals surface area contributed by atoms with Crippen LogP contribution >= 0.6 is 27.3 Å². The number of carbonyl (C=O) groups excluding carboxylic acids is 1. The number of rotatable bonds is 3. The molecule has 0 radical (unpaired) electrons. The Morgan fingerprint density at radius 1 is 1.24 bits per heavy atom. The van der Waals surface area contributed by atoms with Gasteiger partial charge in [-0.15, -0.1) is 11.3 Å². The molecule has 5 heteroatoms. The molecule has 3 nitrogen and oxygen atoms in total. The molecule has 2 aromatic rings. The highest BCUT2D eigenvalue weighted by molar-refractivity contribution is 9.10. The average molecular weight is 313 g/mol. The zero-order valence-corrected chi connectivity index (χ0v) is 11.2. The Hall–Kier alpha value is -1.33. The lowest BCUT2D eigenvalue weighted by Gasteiger charge is -2.04. The van der Waals surface area contributed by atoms with Gasteiger partial charge in [-0.05, 0) is 32.9 Å². The van der Waals surface area contributed by atoms with Gasteiger partial charge in [0.2, 0.25) is 5.06 Å². The zero-order valence-electron chi connectivity index (χ0n) is 8.76. The molecule has 0 aliphatic carbocycles. The van der Waals surface area contributed by atoms with Crippen molar-refractivity contribution >= 4 is 33.4 Å². The Labute approximate surface area is 111 Å². The van der Waals surface area contributed by atoms with Crippen molar-refractivity contribution in [2.24, 2.45) is 0 Å². The van der Waals surface area contributed by atoms with E-state index in [9.17, 15) is 4.79 Å². The van der Waals surface area contributed by atoms with Crippen LogP contribution in [-0.2, 0) is 11.3 Å². The quantitative estimate of drug-likeness (QED) is 0.796. The molecule has 0 unspecified atom stereocenters. The summed E-state index contributed by atoms with van der Waals surface area (Å²) >= 11 is 4.60. The topological polar surface area (TPSA) is 35.5 Å². The van der Waals surface area contributed by atoms with Crippen LogP contribution in [0.5, 0.6) is 5.06 Å². The van der Waals surface area contributed by atoms with E-state index in [2.05, 4.69) is 15.9 Å². The number of hydrogen-bond donors (Lipinski definition) is 0. The lowest BCUT2D eigenvalue weighted by atomic mass is 10.2. The van der Waals surface area contributed by atoms with Gasteiger partial charge in [-0.2, -0.15) is 0 Å². The highest BCUT2D eigenvalue weighted by Crippen LogP contribution is 2.31. The van der Waals surface area contributed by atoms with E-state index in [4.69, 9.17) is 9.47 Å². The summed E-state index contributed by atoms with van der Waals surface area (Å²) in [4.78, 5) is 11.4. The van der Waals surface area contributed by atoms with Crippen LogP contribution in [0, 0.1) is 0 Å². The minimum absolute atomic E-state index is 0.211. The molecular formula is C12H9BrO3S. The van der Waals surface area contributed by atoms with Gasteiger partial charge in [0.25, 0.3) is 0 Å². The van der Waals surface area contributed by atoms with E-state index in [0.29, 0.717) is 5.06 Å². The van der Waals surface area contributed by atoms with Gasteiger partial charge in [-0.25, -0.2) is 4.79 Å². The first-order valence-corrected chi connectivity index (χ1v) is 6.54. The van der Waals surface area contributed by atoms with Crippen molar-refractivity contribution in [2.45, 2.75) is 6.61 Å². The number of halogens is 1. The second-order valence-corrected chi connectivity index (χ2v) is 4.92. The van der Waals surface area contributed by atoms with Crippen LogP contribution in [0.2, 0.25) is 0 Å². The highest BCUT2D eigenvalue weighted by Gasteiger charge is 2.10. The van der Waals surface area contributed by atoms with E-state index >= 15 is 0 Å². The lowest BCUT2D eigenvalue weighted by Crippen LogP contribution is -2.09. The Morgan fingerprint density at radius 2 is 2.00 bits per heavy atom. The Bertz CT molecular complexity index is 495. The van der Waals surface area contributed by atoms with Crippen molar-refractivity contribution in [1.82, 2.24) is 0 Å². The molecular weight excluding hydrogens is 304 g/mol. The second kappa shape index (κ2) is 5.84. The van der Waals surface area contributed by atoms with E-state index in [1.54, 1.807) is 0 Å². The molecule has 1 aromatic carbocycles. The van der Waals surface area contributed by atoms with Crippen LogP contribution in [0.3, 0.4) is 0 Å². The number of thiophene rings is 1. The highest BCUT2D eigenvalue weighted by atomic mass is 79.9. The van der Waals surface area contributed by atoms with E-state index < -0.39 is 6.16 Å². The molecule has 88 valence electrons. The van der Waals surface area contributed by atoms with Crippen LogP contribution in [0.1, 0.15) is 5.56 Å². The standard InChI is InChI=1S/C12H9BrO3S/c13-10-6-7-17-11(10)16-12(14)15-8-9-4-2-1-3-5-9/h1-7H,8H2. The fourth-order valence-electron chi connectivity index (χ4n) is 1.17. The summed E-state index contributed by atoms with van der Waals surface area (Å²) in [5, 5.41) is 2.33. The zero-order chi connectivity index (χ0) is 12.1. The van der Waals surface area contributed by atoms with Crippen molar-refractivity contribution in [2.75, 3.05) is 0 Å². The number of ether oxygens (including phenoxy) is 2. The summed E-state index contributed by atoms with van der Waals surface area (Å²) in [5.74, 6) is 0. The predicted octanol–water partition coefficient (Wildman–Crippen LogP) is 4.23. The summed E-state index contributed by atoms with van der Waals surface area (Å²) in [6.07, 6.45) is -0.697. The fraction of sp³-hybridized carbons (Fsp3) is 0.0833. The smallest absolute Gasteiger partial charge is 0.429 e. The van der Waals surface area contributed by atoms with E-state index in [-0.39, 0.29) is 6.61 Å². The number of carbonyl (C=O) groups is 1. The Morgan fingerprint density at radius 3 is 2.65 bits per heavy atom. The first-order chi connectivity index (χ1) is 8.25. The third kappa shape index (κ3) is 3.57. The van der Waals surface area contributed by atoms with Crippen LogP contribution < -0.4 is 4.74 Å². The summed E-state index contributed by atoms with van der Waals surface area (Å²) < 4.78 is 10.7. The fourth-order valence-corrected chi connectivity index (χ4v) is 2.47. The minimum Gasteiger partial charge on any atom is -0.429 e. The first-order valence-electron chi connectivity index (χ1n) is 4.87. The van der Waals surface area contributed by atoms with Crippen molar-refractivity contribution in [3.63, 3.8) is 0 Å². The molecule has 0 aliphatic rings. The average Bonchev–Trinajstić information content (AvgIpc) is 2.74. The van der Waals surface area contributed by atoms with Gasteiger partial charge < -0.3 is 9.47 Å². The van der Waals surface area contributed by atoms with Crippen LogP contribution in [0.4, 0.5) is 4.79 Å². The Kier molecular flexibility index (Phi) is 4.17. The summed E-state index contributed by atoms with van der Waals surface area (Å²) in [6.45, 7) is 0.211. The molecule has 0 saturated carbocycles. The molecule has 0 fully saturated rings. The summed E-state index contributed by atoms with van der Waals surface area (Å²) in [6, 6.07) is 11.3. The molecule has 0 aliphatic heterocycles. The molecule has 2 rings (SSSR count). The predicted molar refractivity (Wildman–Crippen MR) is 69.3 cm³/mol. The van der Waals surface area contributed by atoms with Crippen molar-refractivity contribution in [3.05, 3.63) is 51.8 Å². The van der Waals surface area contributed by atoms with Crippen LogP contribution in [0.25, 0.3) is 0 Å². The van der Waals surface area contributed by atoms with Crippen molar-refractivity contribution in [3.8, 4) is 5.06 Å². The third-order valence-corrected chi connectivity index (χ3v) is 3.64. The van der Waals surface area contributed by atoms with Crippen molar-refractivity contribution in [1.29, 1.82) is 0 Å². The van der Waals surface area contributed by atoms with E-state index in [0.717, 1.165) is 10.0 Å². The van der Waals surface area contributed by atoms with Gasteiger partial charge in [0.1, 0.15) is 6.61 Å². The molecule has 1 heterocycles. The van der Waals surface area contributed by atoms with E-state index in [1.165, 1.54) is 11.3 Å². The van der Waals surface area contributed by atoms with Gasteiger partial charge in [-0.3, -0.25) is 0 Å². The van der Waals surface area contributed by atoms with Gasteiger partial charge in [0.05, 0.1) is 4.47 Å². The molecule has 17 heavy (non-hydrogen) atoms. The first kappa shape index (κ1) is 12.1. The van der Waals surface area contributed by atoms with Gasteiger partial charge in [0, 0.05) is 0 Å². The number of hydrogen-bond acceptors (Lipinski definition) is 4. The van der Waals surface area contributed by atoms with Crippen molar-refractivity contribution < 1.29 is 14.3 Å². The monoisotopic (exact) mass is 312 g/mol.